The standard InChI is InChI=1S/C20H26N2O4/c1-13(17(21)14-8-6-5-7-9-14)20(23)22-12-15-10-11-16(24-2)19(26-4)18(15)25-3/h5-11,13,17H,12,21H2,1-4H3,(H,22,23). The molecule has 6 nitrogen and oxygen atoms in total. The molecule has 6 heteroatoms. The number of carbonyl (C=O) groups is 1. The van der Waals surface area contributed by atoms with Gasteiger partial charge in [0.25, 0.3) is 0 Å². The normalized spacial score (nSPS) is 12.8. The molecule has 2 rings (SSSR count). The van der Waals surface area contributed by atoms with Crippen LogP contribution in [-0.2, 0) is 11.3 Å². The van der Waals surface area contributed by atoms with Crippen LogP contribution in [0, 0.1) is 5.92 Å². The summed E-state index contributed by atoms with van der Waals surface area (Å²) in [5.41, 5.74) is 7.95. The molecule has 2 unspecified atom stereocenters. The number of benzene rings is 2. The predicted molar refractivity (Wildman–Crippen MR) is 100 cm³/mol. The molecule has 26 heavy (non-hydrogen) atoms. The number of hydrogen-bond donors (Lipinski definition) is 2. The Kier molecular flexibility index (Phi) is 6.86. The van der Waals surface area contributed by atoms with Crippen molar-refractivity contribution in [3.8, 4) is 17.2 Å². The van der Waals surface area contributed by atoms with Crippen molar-refractivity contribution in [3.63, 3.8) is 0 Å². The van der Waals surface area contributed by atoms with Gasteiger partial charge in [0.1, 0.15) is 0 Å². The van der Waals surface area contributed by atoms with Gasteiger partial charge in [-0.3, -0.25) is 4.79 Å². The van der Waals surface area contributed by atoms with E-state index in [1.807, 2.05) is 43.3 Å². The molecule has 1 amide bonds. The Labute approximate surface area is 154 Å². The van der Waals surface area contributed by atoms with Gasteiger partial charge in [0.2, 0.25) is 11.7 Å². The Bertz CT molecular complexity index is 734. The van der Waals surface area contributed by atoms with Crippen LogP contribution in [0.4, 0.5) is 0 Å². The van der Waals surface area contributed by atoms with E-state index in [0.29, 0.717) is 23.8 Å². The maximum absolute atomic E-state index is 12.5. The quantitative estimate of drug-likeness (QED) is 0.758. The lowest BCUT2D eigenvalue weighted by atomic mass is 9.94. The maximum Gasteiger partial charge on any atom is 0.225 e. The zero-order valence-electron chi connectivity index (χ0n) is 15.6. The minimum atomic E-state index is -0.372. The molecule has 0 aliphatic heterocycles. The third-order valence-corrected chi connectivity index (χ3v) is 4.38. The molecule has 0 aliphatic carbocycles. The number of ether oxygens (including phenoxy) is 3. The number of nitrogens with two attached hydrogens (primary N) is 1. The van der Waals surface area contributed by atoms with Crippen molar-refractivity contribution >= 4 is 5.91 Å². The Balaban J connectivity index is 2.09. The molecular weight excluding hydrogens is 332 g/mol. The van der Waals surface area contributed by atoms with E-state index < -0.39 is 0 Å². The third kappa shape index (κ3) is 4.26. The van der Waals surface area contributed by atoms with Gasteiger partial charge in [-0.25, -0.2) is 0 Å². The van der Waals surface area contributed by atoms with Gasteiger partial charge in [0, 0.05) is 18.2 Å². The topological polar surface area (TPSA) is 82.8 Å². The smallest absolute Gasteiger partial charge is 0.225 e. The fourth-order valence-electron chi connectivity index (χ4n) is 2.77. The highest BCUT2D eigenvalue weighted by Crippen LogP contribution is 2.39. The van der Waals surface area contributed by atoms with Gasteiger partial charge in [0.05, 0.1) is 27.2 Å². The molecule has 2 aromatic rings. The summed E-state index contributed by atoms with van der Waals surface area (Å²) in [6.45, 7) is 2.12. The largest absolute Gasteiger partial charge is 0.493 e. The molecule has 3 N–H and O–H groups in total. The van der Waals surface area contributed by atoms with Gasteiger partial charge in [-0.1, -0.05) is 37.3 Å². The van der Waals surface area contributed by atoms with Crippen LogP contribution in [0.1, 0.15) is 24.1 Å². The summed E-state index contributed by atoms with van der Waals surface area (Å²) in [5.74, 6) is 1.10. The van der Waals surface area contributed by atoms with Crippen LogP contribution in [-0.4, -0.2) is 27.2 Å². The maximum atomic E-state index is 12.5. The van der Waals surface area contributed by atoms with Gasteiger partial charge < -0.3 is 25.3 Å². The van der Waals surface area contributed by atoms with Gasteiger partial charge in [-0.15, -0.1) is 0 Å². The Hall–Kier alpha value is -2.73. The van der Waals surface area contributed by atoms with E-state index in [0.717, 1.165) is 11.1 Å². The van der Waals surface area contributed by atoms with Crippen molar-refractivity contribution in [2.24, 2.45) is 11.7 Å². The first-order valence-corrected chi connectivity index (χ1v) is 8.39. The van der Waals surface area contributed by atoms with Gasteiger partial charge in [0.15, 0.2) is 11.5 Å². The minimum Gasteiger partial charge on any atom is -0.493 e. The average molecular weight is 358 g/mol. The molecule has 140 valence electrons. The molecular formula is C20H26N2O4. The summed E-state index contributed by atoms with van der Waals surface area (Å²) in [7, 11) is 4.66. The van der Waals surface area contributed by atoms with Crippen molar-refractivity contribution in [2.75, 3.05) is 21.3 Å². The lowest BCUT2D eigenvalue weighted by molar-refractivity contribution is -0.125. The average Bonchev–Trinajstić information content (AvgIpc) is 2.70. The molecule has 0 bridgehead atoms. The fraction of sp³-hybridized carbons (Fsp3) is 0.350. The zero-order chi connectivity index (χ0) is 19.1. The second kappa shape index (κ2) is 9.10. The van der Waals surface area contributed by atoms with Crippen LogP contribution in [0.3, 0.4) is 0 Å². The lowest BCUT2D eigenvalue weighted by Crippen LogP contribution is -2.35. The second-order valence-electron chi connectivity index (χ2n) is 5.94. The fourth-order valence-corrected chi connectivity index (χ4v) is 2.77. The molecule has 0 aromatic heterocycles. The van der Waals surface area contributed by atoms with Crippen LogP contribution in [0.2, 0.25) is 0 Å². The summed E-state index contributed by atoms with van der Waals surface area (Å²) in [4.78, 5) is 12.5. The summed E-state index contributed by atoms with van der Waals surface area (Å²) < 4.78 is 16.1. The van der Waals surface area contributed by atoms with Gasteiger partial charge in [-0.05, 0) is 17.7 Å². The Morgan fingerprint density at radius 3 is 2.23 bits per heavy atom. The highest BCUT2D eigenvalue weighted by molar-refractivity contribution is 5.79. The molecule has 2 aromatic carbocycles. The summed E-state index contributed by atoms with van der Waals surface area (Å²) >= 11 is 0. The van der Waals surface area contributed by atoms with E-state index in [4.69, 9.17) is 19.9 Å². The van der Waals surface area contributed by atoms with Crippen LogP contribution >= 0.6 is 0 Å². The zero-order valence-corrected chi connectivity index (χ0v) is 15.6. The third-order valence-electron chi connectivity index (χ3n) is 4.38. The summed E-state index contributed by atoms with van der Waals surface area (Å²) in [6, 6.07) is 12.8. The molecule has 0 aliphatic rings. The van der Waals surface area contributed by atoms with E-state index in [-0.39, 0.29) is 17.9 Å². The van der Waals surface area contributed by atoms with Crippen molar-refractivity contribution in [1.29, 1.82) is 0 Å². The van der Waals surface area contributed by atoms with E-state index >= 15 is 0 Å². The van der Waals surface area contributed by atoms with Crippen molar-refractivity contribution < 1.29 is 19.0 Å². The number of rotatable bonds is 8. The van der Waals surface area contributed by atoms with E-state index in [9.17, 15) is 4.79 Å². The molecule has 0 spiro atoms. The number of methoxy groups -OCH3 is 3. The number of carbonyl (C=O) groups excluding carboxylic acids is 1. The Morgan fingerprint density at radius 2 is 1.65 bits per heavy atom. The molecule has 0 saturated carbocycles. The molecule has 0 heterocycles. The first-order chi connectivity index (χ1) is 12.5. The summed E-state index contributed by atoms with van der Waals surface area (Å²) in [6.07, 6.45) is 0. The minimum absolute atomic E-state index is 0.127. The van der Waals surface area contributed by atoms with E-state index in [1.165, 1.54) is 0 Å². The van der Waals surface area contributed by atoms with Crippen molar-refractivity contribution in [3.05, 3.63) is 53.6 Å². The summed E-state index contributed by atoms with van der Waals surface area (Å²) in [5, 5.41) is 2.92. The Morgan fingerprint density at radius 1 is 1.00 bits per heavy atom. The van der Waals surface area contributed by atoms with Crippen LogP contribution in [0.15, 0.2) is 42.5 Å². The van der Waals surface area contributed by atoms with Gasteiger partial charge >= 0.3 is 0 Å². The lowest BCUT2D eigenvalue weighted by Gasteiger charge is -2.21. The second-order valence-corrected chi connectivity index (χ2v) is 5.94. The monoisotopic (exact) mass is 358 g/mol. The van der Waals surface area contributed by atoms with Crippen molar-refractivity contribution in [1.82, 2.24) is 5.32 Å². The van der Waals surface area contributed by atoms with Crippen LogP contribution < -0.4 is 25.3 Å². The number of nitrogens with one attached hydrogen (secondary N) is 1. The van der Waals surface area contributed by atoms with Gasteiger partial charge in [-0.2, -0.15) is 0 Å². The van der Waals surface area contributed by atoms with Crippen LogP contribution in [0.5, 0.6) is 17.2 Å². The molecule has 2 atom stereocenters. The first kappa shape index (κ1) is 19.6. The predicted octanol–water partition coefficient (Wildman–Crippen LogP) is 2.66. The molecule has 0 saturated heterocycles. The highest BCUT2D eigenvalue weighted by Gasteiger charge is 2.23. The molecule has 0 radical (unpaired) electrons. The van der Waals surface area contributed by atoms with Crippen LogP contribution in [0.25, 0.3) is 0 Å². The van der Waals surface area contributed by atoms with E-state index in [2.05, 4.69) is 5.32 Å². The van der Waals surface area contributed by atoms with E-state index in [1.54, 1.807) is 27.4 Å². The number of amides is 1. The molecule has 0 fully saturated rings. The SMILES string of the molecule is COc1ccc(CNC(=O)C(C)C(N)c2ccccc2)c(OC)c1OC. The van der Waals surface area contributed by atoms with Crippen molar-refractivity contribution in [2.45, 2.75) is 19.5 Å². The highest BCUT2D eigenvalue weighted by atomic mass is 16.5. The first-order valence-electron chi connectivity index (χ1n) is 8.39. The number of hydrogen-bond acceptors (Lipinski definition) is 5.